The molecule has 20 valence electrons. The van der Waals surface area contributed by atoms with Gasteiger partial charge in [-0.25, -0.2) is 0 Å². The molecule has 0 nitrogen and oxygen atoms in total. The summed E-state index contributed by atoms with van der Waals surface area (Å²) in [5.41, 5.74) is 0. The SMILES string of the molecule is [B]B=BC=C. The van der Waals surface area contributed by atoms with E-state index in [9.17, 15) is 0 Å². The number of hydrogen-bond donors (Lipinski definition) is 0. The molecule has 0 aliphatic heterocycles. The van der Waals surface area contributed by atoms with E-state index in [1.54, 1.807) is 12.8 Å². The fraction of sp³-hybridized carbons (Fsp3) is 0. The van der Waals surface area contributed by atoms with E-state index in [4.69, 9.17) is 7.74 Å². The summed E-state index contributed by atoms with van der Waals surface area (Å²) in [5.74, 6) is 1.62. The summed E-state index contributed by atoms with van der Waals surface area (Å²) in [7, 11) is 4.89. The van der Waals surface area contributed by atoms with Crippen LogP contribution in [-0.4, -0.2) is 21.2 Å². The van der Waals surface area contributed by atoms with Gasteiger partial charge in [0.1, 0.15) is 0 Å². The normalized spacial score (nSPS) is 5.60. The van der Waals surface area contributed by atoms with Crippen molar-refractivity contribution in [1.82, 2.24) is 0 Å². The topological polar surface area (TPSA) is 0 Å². The van der Waals surface area contributed by atoms with Crippen molar-refractivity contribution < 1.29 is 0 Å². The molecular formula is C2H3B3. The van der Waals surface area contributed by atoms with Crippen LogP contribution in [0.1, 0.15) is 0 Å². The summed E-state index contributed by atoms with van der Waals surface area (Å²) in [6.45, 7) is 6.49. The van der Waals surface area contributed by atoms with Gasteiger partial charge in [0.05, 0.1) is 0 Å². The standard InChI is InChI=1S/C2H3B3/c1-2-4-5-3/h2H,1H2. The Morgan fingerprint density at radius 2 is 2.40 bits per heavy atom. The van der Waals surface area contributed by atoms with Crippen molar-refractivity contribution in [2.45, 2.75) is 0 Å². The van der Waals surface area contributed by atoms with Gasteiger partial charge < -0.3 is 0 Å². The first kappa shape index (κ1) is 4.93. The molecule has 0 rings (SSSR count). The van der Waals surface area contributed by atoms with Crippen molar-refractivity contribution in [1.29, 1.82) is 0 Å². The number of rotatable bonds is 1. The van der Waals surface area contributed by atoms with E-state index in [1.165, 1.54) is 6.69 Å². The summed E-state index contributed by atoms with van der Waals surface area (Å²) in [5, 5.41) is 0. The maximum absolute atomic E-state index is 4.89. The molecule has 0 heterocycles. The van der Waals surface area contributed by atoms with Crippen molar-refractivity contribution in [3.05, 3.63) is 12.6 Å². The molecule has 0 N–H and O–H groups in total. The molecule has 0 atom stereocenters. The number of hydrogen-bond acceptors (Lipinski definition) is 0. The van der Waals surface area contributed by atoms with Gasteiger partial charge in [-0.1, -0.05) is 0 Å². The Hall–Kier alpha value is -0.0652. The van der Waals surface area contributed by atoms with E-state index < -0.39 is 0 Å². The molecule has 0 saturated carbocycles. The van der Waals surface area contributed by atoms with Crippen LogP contribution in [-0.2, 0) is 0 Å². The van der Waals surface area contributed by atoms with E-state index in [0.29, 0.717) is 0 Å². The third-order valence-electron chi connectivity index (χ3n) is 0.247. The molecule has 0 fully saturated rings. The van der Waals surface area contributed by atoms with Gasteiger partial charge in [-0.2, -0.15) is 0 Å². The van der Waals surface area contributed by atoms with E-state index in [0.717, 1.165) is 0 Å². The second kappa shape index (κ2) is 3.93. The molecule has 0 aromatic heterocycles. The summed E-state index contributed by atoms with van der Waals surface area (Å²) in [6, 6.07) is 0. The first-order chi connectivity index (χ1) is 2.41. The van der Waals surface area contributed by atoms with Crippen molar-refractivity contribution in [3.63, 3.8) is 0 Å². The molecule has 0 unspecified atom stereocenters. The van der Waals surface area contributed by atoms with Gasteiger partial charge in [0.2, 0.25) is 0 Å². The molecule has 0 bridgehead atoms. The Morgan fingerprint density at radius 3 is 2.40 bits per heavy atom. The minimum absolute atomic E-state index is 1.44. The van der Waals surface area contributed by atoms with Crippen LogP contribution in [0.15, 0.2) is 12.6 Å². The minimum atomic E-state index is 1.44. The first-order valence-corrected chi connectivity index (χ1v) is 1.41. The van der Waals surface area contributed by atoms with Crippen LogP contribution in [0.5, 0.6) is 0 Å². The zero-order valence-electron chi connectivity index (χ0n) is 3.02. The van der Waals surface area contributed by atoms with Gasteiger partial charge in [-0.05, 0) is 0 Å². The van der Waals surface area contributed by atoms with Gasteiger partial charge >= 0.3 is 33.8 Å². The molecule has 3 heteroatoms. The van der Waals surface area contributed by atoms with Crippen molar-refractivity contribution in [2.24, 2.45) is 0 Å². The monoisotopic (exact) mass is 60.1 g/mol. The van der Waals surface area contributed by atoms with E-state index in [1.807, 2.05) is 0 Å². The molecular weight excluding hydrogens is 56.5 g/mol. The second-order valence-corrected chi connectivity index (χ2v) is 0.621. The Kier molecular flexibility index (Phi) is 3.88. The Morgan fingerprint density at radius 1 is 1.80 bits per heavy atom. The zero-order chi connectivity index (χ0) is 4.12. The fourth-order valence-electron chi connectivity index (χ4n) is 0.0786. The van der Waals surface area contributed by atoms with Crippen LogP contribution in [0, 0.1) is 0 Å². The first-order valence-electron chi connectivity index (χ1n) is 1.41. The molecule has 0 aliphatic rings. The Labute approximate surface area is 34.8 Å². The fourth-order valence-corrected chi connectivity index (χ4v) is 0.0786. The summed E-state index contributed by atoms with van der Waals surface area (Å²) in [6.07, 6.45) is 0. The van der Waals surface area contributed by atoms with Crippen LogP contribution in [0.25, 0.3) is 0 Å². The third-order valence-corrected chi connectivity index (χ3v) is 0.247. The average Bonchev–Trinajstić information content (AvgIpc) is 1.41. The van der Waals surface area contributed by atoms with Gasteiger partial charge in [0.25, 0.3) is 0 Å². The van der Waals surface area contributed by atoms with Crippen LogP contribution < -0.4 is 0 Å². The Balaban J connectivity index is 2.92. The van der Waals surface area contributed by atoms with Crippen LogP contribution >= 0.6 is 0 Å². The molecule has 0 aromatic carbocycles. The maximum atomic E-state index is 4.89. The predicted molar refractivity (Wildman–Crippen MR) is 27.5 cm³/mol. The second-order valence-electron chi connectivity index (χ2n) is 0.621. The average molecular weight is 59.5 g/mol. The van der Waals surface area contributed by atoms with Gasteiger partial charge in [-0.15, -0.1) is 0 Å². The van der Waals surface area contributed by atoms with E-state index in [2.05, 4.69) is 6.58 Å². The van der Waals surface area contributed by atoms with Crippen molar-refractivity contribution in [2.75, 3.05) is 0 Å². The Bertz CT molecular complexity index is 46.9. The zero-order valence-corrected chi connectivity index (χ0v) is 3.02. The van der Waals surface area contributed by atoms with Gasteiger partial charge in [0, 0.05) is 0 Å². The molecule has 2 radical (unpaired) electrons. The summed E-state index contributed by atoms with van der Waals surface area (Å²) < 4.78 is 0. The third kappa shape index (κ3) is 3.93. The van der Waals surface area contributed by atoms with Crippen LogP contribution in [0.3, 0.4) is 0 Å². The van der Waals surface area contributed by atoms with Crippen LogP contribution in [0.4, 0.5) is 0 Å². The van der Waals surface area contributed by atoms with Gasteiger partial charge in [-0.3, -0.25) is 0 Å². The molecule has 0 saturated heterocycles. The molecule has 0 spiro atoms. The molecule has 5 heavy (non-hydrogen) atoms. The quantitative estimate of drug-likeness (QED) is 0.359. The van der Waals surface area contributed by atoms with Gasteiger partial charge in [0.15, 0.2) is 0 Å². The summed E-state index contributed by atoms with van der Waals surface area (Å²) in [4.78, 5) is 0. The predicted octanol–water partition coefficient (Wildman–Crippen LogP) is -0.463. The van der Waals surface area contributed by atoms with E-state index in [-0.39, 0.29) is 0 Å². The molecule has 0 amide bonds. The van der Waals surface area contributed by atoms with Crippen molar-refractivity contribution in [3.8, 4) is 0 Å². The molecule has 0 aromatic rings. The van der Waals surface area contributed by atoms with Crippen molar-refractivity contribution >= 4 is 21.2 Å². The van der Waals surface area contributed by atoms with Crippen LogP contribution in [0.2, 0.25) is 0 Å². The summed E-state index contributed by atoms with van der Waals surface area (Å²) >= 11 is 0. The van der Waals surface area contributed by atoms with E-state index >= 15 is 0 Å². The molecule has 0 aliphatic carbocycles.